The molecule has 2 aromatic rings. The van der Waals surface area contributed by atoms with Gasteiger partial charge in [0.2, 0.25) is 0 Å². The Bertz CT molecular complexity index is 546. The van der Waals surface area contributed by atoms with Crippen molar-refractivity contribution in [2.45, 2.75) is 19.9 Å². The maximum Gasteiger partial charge on any atom is 0.0580 e. The van der Waals surface area contributed by atoms with Crippen LogP contribution in [0.1, 0.15) is 29.7 Å². The van der Waals surface area contributed by atoms with Gasteiger partial charge in [-0.25, -0.2) is 0 Å². The average molecular weight is 383 g/mol. The van der Waals surface area contributed by atoms with Crippen LogP contribution >= 0.6 is 31.9 Å². The standard InChI is InChI=1S/C16H17Br2N/c1-3-19-16(15-7-5-4-6-11(15)2)12-8-13(17)10-14(18)9-12/h4-10,16,19H,3H2,1-2H3. The van der Waals surface area contributed by atoms with Crippen molar-refractivity contribution in [2.75, 3.05) is 6.54 Å². The molecule has 1 atom stereocenters. The van der Waals surface area contributed by atoms with Crippen LogP contribution in [-0.4, -0.2) is 6.54 Å². The van der Waals surface area contributed by atoms with Crippen molar-refractivity contribution in [1.82, 2.24) is 5.32 Å². The Morgan fingerprint density at radius 2 is 1.68 bits per heavy atom. The van der Waals surface area contributed by atoms with Gasteiger partial charge in [0.05, 0.1) is 6.04 Å². The number of benzene rings is 2. The monoisotopic (exact) mass is 381 g/mol. The highest BCUT2D eigenvalue weighted by atomic mass is 79.9. The lowest BCUT2D eigenvalue weighted by atomic mass is 9.95. The van der Waals surface area contributed by atoms with Gasteiger partial charge in [0.1, 0.15) is 0 Å². The molecule has 2 aromatic carbocycles. The quantitative estimate of drug-likeness (QED) is 0.764. The molecule has 0 aliphatic heterocycles. The lowest BCUT2D eigenvalue weighted by Gasteiger charge is -2.21. The first-order valence-corrected chi connectivity index (χ1v) is 7.95. The van der Waals surface area contributed by atoms with E-state index in [0.717, 1.165) is 15.5 Å². The number of rotatable bonds is 4. The minimum atomic E-state index is 0.222. The molecule has 0 saturated heterocycles. The Kier molecular flexibility index (Phi) is 5.20. The van der Waals surface area contributed by atoms with Crippen molar-refractivity contribution in [3.63, 3.8) is 0 Å². The third kappa shape index (κ3) is 3.68. The van der Waals surface area contributed by atoms with Gasteiger partial charge < -0.3 is 5.32 Å². The Labute approximate surface area is 131 Å². The van der Waals surface area contributed by atoms with Crippen LogP contribution in [0.25, 0.3) is 0 Å². The molecule has 0 radical (unpaired) electrons. The SMILES string of the molecule is CCNC(c1cc(Br)cc(Br)c1)c1ccccc1C. The van der Waals surface area contributed by atoms with E-state index in [4.69, 9.17) is 0 Å². The van der Waals surface area contributed by atoms with Crippen molar-refractivity contribution in [3.8, 4) is 0 Å². The largest absolute Gasteiger partial charge is 0.307 e. The molecule has 0 aliphatic rings. The molecular weight excluding hydrogens is 366 g/mol. The zero-order chi connectivity index (χ0) is 13.8. The summed E-state index contributed by atoms with van der Waals surface area (Å²) in [5.74, 6) is 0. The first-order valence-electron chi connectivity index (χ1n) is 6.36. The van der Waals surface area contributed by atoms with E-state index in [2.05, 4.69) is 93.5 Å². The molecule has 1 N–H and O–H groups in total. The summed E-state index contributed by atoms with van der Waals surface area (Å²) in [7, 11) is 0. The van der Waals surface area contributed by atoms with Crippen molar-refractivity contribution in [3.05, 3.63) is 68.1 Å². The van der Waals surface area contributed by atoms with Crippen LogP contribution in [0.2, 0.25) is 0 Å². The highest BCUT2D eigenvalue weighted by molar-refractivity contribution is 9.11. The van der Waals surface area contributed by atoms with E-state index in [0.29, 0.717) is 0 Å². The predicted octanol–water partition coefficient (Wildman–Crippen LogP) is 5.22. The third-order valence-corrected chi connectivity index (χ3v) is 4.04. The molecule has 0 amide bonds. The van der Waals surface area contributed by atoms with E-state index in [1.165, 1.54) is 16.7 Å². The van der Waals surface area contributed by atoms with Crippen LogP contribution < -0.4 is 5.32 Å². The summed E-state index contributed by atoms with van der Waals surface area (Å²) in [6.45, 7) is 5.23. The molecule has 3 heteroatoms. The van der Waals surface area contributed by atoms with E-state index in [-0.39, 0.29) is 6.04 Å². The van der Waals surface area contributed by atoms with Gasteiger partial charge in [0, 0.05) is 8.95 Å². The van der Waals surface area contributed by atoms with Gasteiger partial charge in [-0.05, 0) is 48.4 Å². The topological polar surface area (TPSA) is 12.0 Å². The molecule has 0 aromatic heterocycles. The molecule has 0 bridgehead atoms. The number of nitrogens with one attached hydrogen (secondary N) is 1. The fourth-order valence-electron chi connectivity index (χ4n) is 2.26. The summed E-state index contributed by atoms with van der Waals surface area (Å²) < 4.78 is 2.18. The van der Waals surface area contributed by atoms with Crippen molar-refractivity contribution < 1.29 is 0 Å². The van der Waals surface area contributed by atoms with E-state index >= 15 is 0 Å². The second-order valence-corrected chi connectivity index (χ2v) is 6.38. The zero-order valence-electron chi connectivity index (χ0n) is 11.1. The predicted molar refractivity (Wildman–Crippen MR) is 88.5 cm³/mol. The fraction of sp³-hybridized carbons (Fsp3) is 0.250. The van der Waals surface area contributed by atoms with Gasteiger partial charge in [-0.15, -0.1) is 0 Å². The van der Waals surface area contributed by atoms with Crippen molar-refractivity contribution in [2.24, 2.45) is 0 Å². The lowest BCUT2D eigenvalue weighted by molar-refractivity contribution is 0.627. The minimum absolute atomic E-state index is 0.222. The molecule has 0 saturated carbocycles. The van der Waals surface area contributed by atoms with Gasteiger partial charge in [-0.2, -0.15) is 0 Å². The van der Waals surface area contributed by atoms with Crippen molar-refractivity contribution in [1.29, 1.82) is 0 Å². The van der Waals surface area contributed by atoms with Crippen LogP contribution in [0.5, 0.6) is 0 Å². The highest BCUT2D eigenvalue weighted by Gasteiger charge is 2.15. The van der Waals surface area contributed by atoms with E-state index in [1.54, 1.807) is 0 Å². The maximum atomic E-state index is 3.57. The van der Waals surface area contributed by atoms with E-state index in [1.807, 2.05) is 0 Å². The van der Waals surface area contributed by atoms with E-state index in [9.17, 15) is 0 Å². The molecular formula is C16H17Br2N. The second-order valence-electron chi connectivity index (χ2n) is 4.55. The van der Waals surface area contributed by atoms with Crippen LogP contribution in [0, 0.1) is 6.92 Å². The number of hydrogen-bond donors (Lipinski definition) is 1. The van der Waals surface area contributed by atoms with Crippen LogP contribution in [-0.2, 0) is 0 Å². The average Bonchev–Trinajstić information content (AvgIpc) is 2.36. The first-order chi connectivity index (χ1) is 9.11. The summed E-state index contributed by atoms with van der Waals surface area (Å²) in [6.07, 6.45) is 0. The number of halogens is 2. The molecule has 0 fully saturated rings. The summed E-state index contributed by atoms with van der Waals surface area (Å²) in [5.41, 5.74) is 3.90. The molecule has 1 nitrogen and oxygen atoms in total. The van der Waals surface area contributed by atoms with Gasteiger partial charge in [0.25, 0.3) is 0 Å². The molecule has 0 heterocycles. The Morgan fingerprint density at radius 1 is 1.05 bits per heavy atom. The molecule has 2 rings (SSSR count). The summed E-state index contributed by atoms with van der Waals surface area (Å²) >= 11 is 7.13. The molecule has 100 valence electrons. The molecule has 0 spiro atoms. The van der Waals surface area contributed by atoms with Crippen LogP contribution in [0.15, 0.2) is 51.4 Å². The molecule has 1 unspecified atom stereocenters. The molecule has 0 aliphatic carbocycles. The second kappa shape index (κ2) is 6.69. The lowest BCUT2D eigenvalue weighted by Crippen LogP contribution is -2.22. The minimum Gasteiger partial charge on any atom is -0.307 e. The number of aryl methyl sites for hydroxylation is 1. The van der Waals surface area contributed by atoms with Gasteiger partial charge in [-0.1, -0.05) is 63.0 Å². The Balaban J connectivity index is 2.48. The maximum absolute atomic E-state index is 3.57. The fourth-order valence-corrected chi connectivity index (χ4v) is 3.59. The Hall–Kier alpha value is -0.640. The third-order valence-electron chi connectivity index (χ3n) is 3.13. The number of hydrogen-bond acceptors (Lipinski definition) is 1. The van der Waals surface area contributed by atoms with Gasteiger partial charge in [-0.3, -0.25) is 0 Å². The van der Waals surface area contributed by atoms with Crippen molar-refractivity contribution >= 4 is 31.9 Å². The smallest absolute Gasteiger partial charge is 0.0580 e. The zero-order valence-corrected chi connectivity index (χ0v) is 14.3. The van der Waals surface area contributed by atoms with Gasteiger partial charge >= 0.3 is 0 Å². The van der Waals surface area contributed by atoms with Crippen LogP contribution in [0.3, 0.4) is 0 Å². The van der Waals surface area contributed by atoms with Crippen LogP contribution in [0.4, 0.5) is 0 Å². The molecule has 19 heavy (non-hydrogen) atoms. The summed E-state index contributed by atoms with van der Waals surface area (Å²) in [5, 5.41) is 3.57. The normalized spacial score (nSPS) is 12.4. The summed E-state index contributed by atoms with van der Waals surface area (Å²) in [4.78, 5) is 0. The summed E-state index contributed by atoms with van der Waals surface area (Å²) in [6, 6.07) is 15.2. The van der Waals surface area contributed by atoms with Gasteiger partial charge in [0.15, 0.2) is 0 Å². The highest BCUT2D eigenvalue weighted by Crippen LogP contribution is 2.29. The van der Waals surface area contributed by atoms with E-state index < -0.39 is 0 Å². The Morgan fingerprint density at radius 3 is 2.26 bits per heavy atom. The first kappa shape index (κ1) is 14.8.